The van der Waals surface area contributed by atoms with E-state index in [9.17, 15) is 0 Å². The number of anilines is 1. The van der Waals surface area contributed by atoms with Gasteiger partial charge in [0.25, 0.3) is 0 Å². The second-order valence-corrected chi connectivity index (χ2v) is 5.23. The van der Waals surface area contributed by atoms with Crippen LogP contribution in [0, 0.1) is 0 Å². The maximum atomic E-state index is 8.78. The van der Waals surface area contributed by atoms with Gasteiger partial charge in [-0.3, -0.25) is 0 Å². The van der Waals surface area contributed by atoms with Crippen LogP contribution in [0.5, 0.6) is 0 Å². The summed E-state index contributed by atoms with van der Waals surface area (Å²) >= 11 is 0. The highest BCUT2D eigenvalue weighted by molar-refractivity contribution is 5.58. The maximum Gasteiger partial charge on any atom is 0.0444 e. The second kappa shape index (κ2) is 6.89. The number of hydrogen-bond donors (Lipinski definition) is 3. The van der Waals surface area contributed by atoms with Gasteiger partial charge in [0, 0.05) is 38.5 Å². The zero-order chi connectivity index (χ0) is 13.7. The van der Waals surface area contributed by atoms with Crippen molar-refractivity contribution in [1.82, 2.24) is 5.32 Å². The Hall–Kier alpha value is -1.10. The SMILES string of the molecule is CN1CCc2cc(C(CN)NCCCCO)ccc21. The van der Waals surface area contributed by atoms with Gasteiger partial charge < -0.3 is 21.1 Å². The third-order valence-electron chi connectivity index (χ3n) is 3.85. The molecule has 19 heavy (non-hydrogen) atoms. The Kier molecular flexibility index (Phi) is 5.19. The van der Waals surface area contributed by atoms with Crippen molar-refractivity contribution in [2.45, 2.75) is 25.3 Å². The van der Waals surface area contributed by atoms with Gasteiger partial charge in [0.15, 0.2) is 0 Å². The first-order valence-electron chi connectivity index (χ1n) is 7.14. The average molecular weight is 263 g/mol. The molecule has 0 bridgehead atoms. The van der Waals surface area contributed by atoms with Gasteiger partial charge in [-0.25, -0.2) is 0 Å². The third kappa shape index (κ3) is 3.47. The van der Waals surface area contributed by atoms with Crippen molar-refractivity contribution < 1.29 is 5.11 Å². The molecule has 4 N–H and O–H groups in total. The Morgan fingerprint density at radius 3 is 3.00 bits per heavy atom. The van der Waals surface area contributed by atoms with Crippen LogP contribution in [-0.2, 0) is 6.42 Å². The van der Waals surface area contributed by atoms with Crippen LogP contribution in [0.2, 0.25) is 0 Å². The molecule has 0 aromatic heterocycles. The quantitative estimate of drug-likeness (QED) is 0.643. The monoisotopic (exact) mass is 263 g/mol. The number of benzene rings is 1. The molecule has 0 saturated heterocycles. The molecule has 0 saturated carbocycles. The number of likely N-dealkylation sites (N-methyl/N-ethyl adjacent to an activating group) is 1. The van der Waals surface area contributed by atoms with Crippen molar-refractivity contribution in [3.05, 3.63) is 29.3 Å². The van der Waals surface area contributed by atoms with E-state index in [1.54, 1.807) is 0 Å². The molecule has 1 unspecified atom stereocenters. The van der Waals surface area contributed by atoms with E-state index in [4.69, 9.17) is 10.8 Å². The molecule has 0 amide bonds. The fourth-order valence-electron chi connectivity index (χ4n) is 2.65. The van der Waals surface area contributed by atoms with E-state index < -0.39 is 0 Å². The minimum Gasteiger partial charge on any atom is -0.396 e. The van der Waals surface area contributed by atoms with Crippen LogP contribution in [0.4, 0.5) is 5.69 Å². The van der Waals surface area contributed by atoms with Crippen LogP contribution in [0.3, 0.4) is 0 Å². The first kappa shape index (κ1) is 14.3. The molecular weight excluding hydrogens is 238 g/mol. The molecule has 2 rings (SSSR count). The summed E-state index contributed by atoms with van der Waals surface area (Å²) in [6.07, 6.45) is 2.96. The standard InChI is InChI=1S/C15H25N3O/c1-18-8-6-13-10-12(4-5-15(13)18)14(11-16)17-7-2-3-9-19/h4-5,10,14,17,19H,2-3,6-9,11,16H2,1H3. The van der Waals surface area contributed by atoms with E-state index in [0.717, 1.165) is 32.4 Å². The van der Waals surface area contributed by atoms with Gasteiger partial charge in [0.05, 0.1) is 0 Å². The van der Waals surface area contributed by atoms with E-state index in [1.165, 1.54) is 16.8 Å². The minimum atomic E-state index is 0.217. The number of aliphatic hydroxyl groups excluding tert-OH is 1. The van der Waals surface area contributed by atoms with E-state index in [-0.39, 0.29) is 12.6 Å². The number of unbranched alkanes of at least 4 members (excludes halogenated alkanes) is 1. The molecule has 0 radical (unpaired) electrons. The molecule has 4 nitrogen and oxygen atoms in total. The molecule has 1 heterocycles. The highest BCUT2D eigenvalue weighted by Gasteiger charge is 2.17. The Bertz CT molecular complexity index is 408. The molecule has 4 heteroatoms. The summed E-state index contributed by atoms with van der Waals surface area (Å²) in [6, 6.07) is 6.89. The lowest BCUT2D eigenvalue weighted by Gasteiger charge is -2.19. The van der Waals surface area contributed by atoms with Crippen molar-refractivity contribution in [1.29, 1.82) is 0 Å². The zero-order valence-corrected chi connectivity index (χ0v) is 11.7. The third-order valence-corrected chi connectivity index (χ3v) is 3.85. The first-order chi connectivity index (χ1) is 9.26. The fraction of sp³-hybridized carbons (Fsp3) is 0.600. The van der Waals surface area contributed by atoms with Crippen molar-refractivity contribution >= 4 is 5.69 Å². The van der Waals surface area contributed by atoms with Gasteiger partial charge in [0.2, 0.25) is 0 Å². The Labute approximate surface area is 115 Å². The summed E-state index contributed by atoms with van der Waals surface area (Å²) in [6.45, 7) is 2.88. The Morgan fingerprint density at radius 1 is 1.42 bits per heavy atom. The topological polar surface area (TPSA) is 61.5 Å². The van der Waals surface area contributed by atoms with Crippen molar-refractivity contribution in [2.24, 2.45) is 5.73 Å². The number of nitrogens with one attached hydrogen (secondary N) is 1. The summed E-state index contributed by atoms with van der Waals surface area (Å²) in [7, 11) is 2.14. The second-order valence-electron chi connectivity index (χ2n) is 5.23. The van der Waals surface area contributed by atoms with Crippen LogP contribution in [0.25, 0.3) is 0 Å². The first-order valence-corrected chi connectivity index (χ1v) is 7.14. The lowest BCUT2D eigenvalue weighted by atomic mass is 10.0. The van der Waals surface area contributed by atoms with Crippen LogP contribution >= 0.6 is 0 Å². The van der Waals surface area contributed by atoms with Crippen molar-refractivity contribution in [2.75, 3.05) is 38.2 Å². The molecule has 106 valence electrons. The van der Waals surface area contributed by atoms with Crippen LogP contribution in [-0.4, -0.2) is 38.4 Å². The highest BCUT2D eigenvalue weighted by Crippen LogP contribution is 2.29. The van der Waals surface area contributed by atoms with Gasteiger partial charge >= 0.3 is 0 Å². The van der Waals surface area contributed by atoms with E-state index >= 15 is 0 Å². The van der Waals surface area contributed by atoms with Gasteiger partial charge in [-0.05, 0) is 43.0 Å². The fourth-order valence-corrected chi connectivity index (χ4v) is 2.65. The largest absolute Gasteiger partial charge is 0.396 e. The van der Waals surface area contributed by atoms with Gasteiger partial charge in [0.1, 0.15) is 0 Å². The van der Waals surface area contributed by atoms with Crippen molar-refractivity contribution in [3.63, 3.8) is 0 Å². The number of fused-ring (bicyclic) bond motifs is 1. The number of rotatable bonds is 7. The summed E-state index contributed by atoms with van der Waals surface area (Å²) in [5, 5.41) is 12.3. The van der Waals surface area contributed by atoms with E-state index in [0.29, 0.717) is 6.54 Å². The molecule has 1 atom stereocenters. The highest BCUT2D eigenvalue weighted by atomic mass is 16.2. The number of hydrogen-bond acceptors (Lipinski definition) is 4. The summed E-state index contributed by atoms with van der Waals surface area (Å²) in [5.74, 6) is 0. The predicted octanol–water partition coefficient (Wildman–Crippen LogP) is 1.04. The lowest BCUT2D eigenvalue weighted by Crippen LogP contribution is -2.29. The lowest BCUT2D eigenvalue weighted by molar-refractivity contribution is 0.282. The number of nitrogens with zero attached hydrogens (tertiary/aromatic N) is 1. The molecule has 1 aliphatic rings. The smallest absolute Gasteiger partial charge is 0.0444 e. The Balaban J connectivity index is 1.99. The predicted molar refractivity (Wildman–Crippen MR) is 79.5 cm³/mol. The molecule has 1 aromatic carbocycles. The average Bonchev–Trinajstić information content (AvgIpc) is 2.80. The molecular formula is C15H25N3O. The number of nitrogens with two attached hydrogens (primary N) is 1. The minimum absolute atomic E-state index is 0.217. The summed E-state index contributed by atoms with van der Waals surface area (Å²) in [4.78, 5) is 2.30. The van der Waals surface area contributed by atoms with Crippen LogP contribution in [0.1, 0.15) is 30.0 Å². The van der Waals surface area contributed by atoms with Gasteiger partial charge in [-0.2, -0.15) is 0 Å². The van der Waals surface area contributed by atoms with E-state index in [1.807, 2.05) is 0 Å². The Morgan fingerprint density at radius 2 is 2.26 bits per heavy atom. The maximum absolute atomic E-state index is 8.78. The molecule has 1 aromatic rings. The zero-order valence-electron chi connectivity index (χ0n) is 11.7. The summed E-state index contributed by atoms with van der Waals surface area (Å²) in [5.41, 5.74) is 9.92. The normalized spacial score (nSPS) is 15.6. The van der Waals surface area contributed by atoms with Crippen LogP contribution < -0.4 is 16.0 Å². The molecule has 1 aliphatic heterocycles. The molecule has 0 fully saturated rings. The summed E-state index contributed by atoms with van der Waals surface area (Å²) < 4.78 is 0. The molecule has 0 aliphatic carbocycles. The van der Waals surface area contributed by atoms with Gasteiger partial charge in [-0.1, -0.05) is 12.1 Å². The van der Waals surface area contributed by atoms with Gasteiger partial charge in [-0.15, -0.1) is 0 Å². The van der Waals surface area contributed by atoms with Crippen LogP contribution in [0.15, 0.2) is 18.2 Å². The molecule has 0 spiro atoms. The number of aliphatic hydroxyl groups is 1. The van der Waals surface area contributed by atoms with Crippen molar-refractivity contribution in [3.8, 4) is 0 Å². The van der Waals surface area contributed by atoms with E-state index in [2.05, 4.69) is 35.5 Å².